The third-order valence-electron chi connectivity index (χ3n) is 5.27. The smallest absolute Gasteiger partial charge is 0.241 e. The number of carbonyl (C=O) groups excluding carboxylic acids is 1. The van der Waals surface area contributed by atoms with Crippen LogP contribution in [0.5, 0.6) is 0 Å². The minimum Gasteiger partial charge on any atom is -0.325 e. The van der Waals surface area contributed by atoms with E-state index in [1.54, 1.807) is 19.1 Å². The molecule has 3 aromatic carbocycles. The van der Waals surface area contributed by atoms with Gasteiger partial charge >= 0.3 is 0 Å². The number of fused-ring (bicyclic) bond motifs is 1. The maximum atomic E-state index is 13.2. The molecule has 0 spiro atoms. The van der Waals surface area contributed by atoms with E-state index >= 15 is 0 Å². The third-order valence-corrected chi connectivity index (χ3v) is 6.69. The number of amides is 1. The molecule has 148 valence electrons. The Balaban J connectivity index is 1.72. The number of hydrogen-bond donors (Lipinski definition) is 2. The van der Waals surface area contributed by atoms with Crippen LogP contribution in [0.2, 0.25) is 0 Å². The molecule has 1 aliphatic heterocycles. The predicted molar refractivity (Wildman–Crippen MR) is 113 cm³/mol. The molecule has 0 fully saturated rings. The van der Waals surface area contributed by atoms with Crippen LogP contribution >= 0.6 is 0 Å². The summed E-state index contributed by atoms with van der Waals surface area (Å²) in [6.07, 6.45) is 0. The highest BCUT2D eigenvalue weighted by atomic mass is 32.2. The molecule has 3 aromatic rings. The van der Waals surface area contributed by atoms with Gasteiger partial charge in [-0.2, -0.15) is 4.72 Å². The van der Waals surface area contributed by atoms with E-state index in [2.05, 4.69) is 10.0 Å². The molecule has 29 heavy (non-hydrogen) atoms. The number of benzene rings is 3. The van der Waals surface area contributed by atoms with Gasteiger partial charge in [0.25, 0.3) is 0 Å². The van der Waals surface area contributed by atoms with Crippen LogP contribution in [0.4, 0.5) is 5.69 Å². The maximum Gasteiger partial charge on any atom is 0.241 e. The summed E-state index contributed by atoms with van der Waals surface area (Å²) in [5.74, 6) is -0.494. The number of rotatable bonds is 5. The monoisotopic (exact) mass is 406 g/mol. The van der Waals surface area contributed by atoms with Gasteiger partial charge in [-0.1, -0.05) is 60.2 Å². The van der Waals surface area contributed by atoms with E-state index in [0.29, 0.717) is 11.3 Å². The van der Waals surface area contributed by atoms with Crippen LogP contribution in [0.25, 0.3) is 0 Å². The van der Waals surface area contributed by atoms with Crippen LogP contribution in [-0.2, 0) is 14.8 Å². The summed E-state index contributed by atoms with van der Waals surface area (Å²) < 4.78 is 29.3. The number of carbonyl (C=O) groups is 1. The number of anilines is 1. The molecule has 0 radical (unpaired) electrons. The first-order chi connectivity index (χ1) is 13.8. The van der Waals surface area contributed by atoms with E-state index in [0.717, 1.165) is 16.7 Å². The van der Waals surface area contributed by atoms with Crippen LogP contribution in [-0.4, -0.2) is 14.3 Å². The number of hydrogen-bond acceptors (Lipinski definition) is 3. The van der Waals surface area contributed by atoms with Crippen molar-refractivity contribution in [1.82, 2.24) is 4.72 Å². The van der Waals surface area contributed by atoms with Crippen LogP contribution in [0.15, 0.2) is 77.7 Å². The molecule has 0 saturated heterocycles. The standard InChI is InChI=1S/C23H22N2O3S/c1-15-8-10-18(11-9-15)22(17-6-4-3-5-7-17)25-29(27,28)19-12-13-21-20(14-19)16(2)23(26)24-21/h3-14,16,22,25H,1-2H3,(H,24,26)/t16-,22+/m1/s1. The summed E-state index contributed by atoms with van der Waals surface area (Å²) in [6.45, 7) is 3.76. The highest BCUT2D eigenvalue weighted by Crippen LogP contribution is 2.34. The van der Waals surface area contributed by atoms with Crippen LogP contribution in [0.1, 0.15) is 41.1 Å². The Morgan fingerprint density at radius 2 is 1.59 bits per heavy atom. The third kappa shape index (κ3) is 3.81. The molecule has 4 rings (SSSR count). The van der Waals surface area contributed by atoms with Gasteiger partial charge in [0.2, 0.25) is 15.9 Å². The molecule has 1 heterocycles. The molecular formula is C23H22N2O3S. The van der Waals surface area contributed by atoms with Crippen molar-refractivity contribution in [2.75, 3.05) is 5.32 Å². The van der Waals surface area contributed by atoms with Crippen molar-refractivity contribution in [3.8, 4) is 0 Å². The van der Waals surface area contributed by atoms with Crippen molar-refractivity contribution in [2.45, 2.75) is 30.7 Å². The Hall–Kier alpha value is -2.96. The first kappa shape index (κ1) is 19.4. The molecule has 0 aromatic heterocycles. The van der Waals surface area contributed by atoms with E-state index in [1.807, 2.05) is 61.5 Å². The minimum absolute atomic E-state index is 0.121. The van der Waals surface area contributed by atoms with Crippen molar-refractivity contribution in [1.29, 1.82) is 0 Å². The normalized spacial score (nSPS) is 16.9. The Bertz CT molecular complexity index is 1160. The fraction of sp³-hybridized carbons (Fsp3) is 0.174. The number of nitrogens with one attached hydrogen (secondary N) is 2. The highest BCUT2D eigenvalue weighted by Gasteiger charge is 2.29. The zero-order valence-corrected chi connectivity index (χ0v) is 17.0. The van der Waals surface area contributed by atoms with Gasteiger partial charge < -0.3 is 5.32 Å². The van der Waals surface area contributed by atoms with Crippen molar-refractivity contribution < 1.29 is 13.2 Å². The maximum absolute atomic E-state index is 13.2. The Labute approximate surface area is 170 Å². The van der Waals surface area contributed by atoms with Crippen molar-refractivity contribution in [3.63, 3.8) is 0 Å². The summed E-state index contributed by atoms with van der Waals surface area (Å²) in [5, 5.41) is 2.77. The molecule has 0 saturated carbocycles. The second kappa shape index (κ2) is 7.46. The van der Waals surface area contributed by atoms with Crippen molar-refractivity contribution in [2.24, 2.45) is 0 Å². The molecule has 0 bridgehead atoms. The lowest BCUT2D eigenvalue weighted by Crippen LogP contribution is -2.29. The second-order valence-electron chi connectivity index (χ2n) is 7.34. The number of aryl methyl sites for hydroxylation is 1. The van der Waals surface area contributed by atoms with E-state index in [9.17, 15) is 13.2 Å². The number of sulfonamides is 1. The predicted octanol–water partition coefficient (Wildman–Crippen LogP) is 4.12. The molecule has 0 unspecified atom stereocenters. The quantitative estimate of drug-likeness (QED) is 0.669. The Morgan fingerprint density at radius 1 is 0.931 bits per heavy atom. The lowest BCUT2D eigenvalue weighted by atomic mass is 9.99. The van der Waals surface area contributed by atoms with Gasteiger partial charge in [0.15, 0.2) is 0 Å². The molecular weight excluding hydrogens is 384 g/mol. The molecule has 6 heteroatoms. The van der Waals surface area contributed by atoms with Gasteiger partial charge in [0, 0.05) is 5.69 Å². The van der Waals surface area contributed by atoms with Gasteiger partial charge in [-0.25, -0.2) is 8.42 Å². The fourth-order valence-electron chi connectivity index (χ4n) is 3.52. The van der Waals surface area contributed by atoms with Gasteiger partial charge in [-0.3, -0.25) is 4.79 Å². The average molecular weight is 407 g/mol. The SMILES string of the molecule is Cc1ccc([C@@H](NS(=O)(=O)c2ccc3c(c2)[C@@H](C)C(=O)N3)c2ccccc2)cc1. The van der Waals surface area contributed by atoms with E-state index in [4.69, 9.17) is 0 Å². The van der Waals surface area contributed by atoms with E-state index in [-0.39, 0.29) is 16.7 Å². The summed E-state index contributed by atoms with van der Waals surface area (Å²) in [4.78, 5) is 12.0. The zero-order chi connectivity index (χ0) is 20.6. The van der Waals surface area contributed by atoms with Crippen LogP contribution < -0.4 is 10.0 Å². The van der Waals surface area contributed by atoms with E-state index < -0.39 is 16.1 Å². The van der Waals surface area contributed by atoms with Gasteiger partial charge in [0.1, 0.15) is 0 Å². The van der Waals surface area contributed by atoms with Crippen LogP contribution in [0.3, 0.4) is 0 Å². The molecule has 1 amide bonds. The Kier molecular flexibility index (Phi) is 4.98. The van der Waals surface area contributed by atoms with Gasteiger partial charge in [0.05, 0.1) is 16.9 Å². The summed E-state index contributed by atoms with van der Waals surface area (Å²) in [5.41, 5.74) is 4.18. The topological polar surface area (TPSA) is 75.3 Å². The molecule has 0 aliphatic carbocycles. The lowest BCUT2D eigenvalue weighted by molar-refractivity contribution is -0.116. The first-order valence-electron chi connectivity index (χ1n) is 9.44. The zero-order valence-electron chi connectivity index (χ0n) is 16.2. The average Bonchev–Trinajstić information content (AvgIpc) is 3.01. The molecule has 1 aliphatic rings. The molecule has 2 N–H and O–H groups in total. The molecule has 2 atom stereocenters. The van der Waals surface area contributed by atoms with Gasteiger partial charge in [-0.05, 0) is 48.7 Å². The van der Waals surface area contributed by atoms with Crippen LogP contribution in [0, 0.1) is 6.92 Å². The summed E-state index contributed by atoms with van der Waals surface area (Å²) >= 11 is 0. The summed E-state index contributed by atoms with van der Waals surface area (Å²) in [7, 11) is -3.82. The van der Waals surface area contributed by atoms with Crippen molar-refractivity contribution >= 4 is 21.6 Å². The highest BCUT2D eigenvalue weighted by molar-refractivity contribution is 7.89. The second-order valence-corrected chi connectivity index (χ2v) is 9.05. The Morgan fingerprint density at radius 3 is 2.28 bits per heavy atom. The lowest BCUT2D eigenvalue weighted by Gasteiger charge is -2.20. The summed E-state index contributed by atoms with van der Waals surface area (Å²) in [6, 6.07) is 21.5. The van der Waals surface area contributed by atoms with E-state index in [1.165, 1.54) is 6.07 Å². The fourth-order valence-corrected chi connectivity index (χ4v) is 4.77. The minimum atomic E-state index is -3.82. The first-order valence-corrected chi connectivity index (χ1v) is 10.9. The van der Waals surface area contributed by atoms with Gasteiger partial charge in [-0.15, -0.1) is 0 Å². The largest absolute Gasteiger partial charge is 0.325 e. The molecule has 5 nitrogen and oxygen atoms in total. The van der Waals surface area contributed by atoms with Crippen molar-refractivity contribution in [3.05, 3.63) is 95.1 Å².